The summed E-state index contributed by atoms with van der Waals surface area (Å²) >= 11 is 0. The van der Waals surface area contributed by atoms with Gasteiger partial charge in [-0.05, 0) is 33.1 Å². The van der Waals surface area contributed by atoms with E-state index in [1.807, 2.05) is 13.8 Å². The molecule has 0 saturated heterocycles. The van der Waals surface area contributed by atoms with Crippen molar-refractivity contribution in [2.24, 2.45) is 5.73 Å². The molecule has 0 aliphatic heterocycles. The average molecular weight is 298 g/mol. The van der Waals surface area contributed by atoms with Gasteiger partial charge in [-0.15, -0.1) is 0 Å². The molecule has 1 aliphatic rings. The van der Waals surface area contributed by atoms with Gasteiger partial charge in [0.2, 0.25) is 5.91 Å². The summed E-state index contributed by atoms with van der Waals surface area (Å²) in [6.45, 7) is 4.70. The summed E-state index contributed by atoms with van der Waals surface area (Å²) in [6.07, 6.45) is 6.85. The van der Waals surface area contributed by atoms with Gasteiger partial charge in [-0.25, -0.2) is 4.79 Å². The van der Waals surface area contributed by atoms with E-state index >= 15 is 0 Å². The molecule has 0 radical (unpaired) electrons. The van der Waals surface area contributed by atoms with Gasteiger partial charge < -0.3 is 21.7 Å². The number of amides is 3. The second kappa shape index (κ2) is 8.87. The average Bonchev–Trinajstić information content (AvgIpc) is 2.42. The van der Waals surface area contributed by atoms with Crippen molar-refractivity contribution in [1.82, 2.24) is 16.0 Å². The van der Waals surface area contributed by atoms with E-state index in [0.717, 1.165) is 12.8 Å². The SMILES string of the molecule is CC(C)(N)CNC(=O)CCCNC(=O)NC1CCCCC1. The number of rotatable bonds is 7. The number of nitrogens with one attached hydrogen (secondary N) is 3. The van der Waals surface area contributed by atoms with Crippen molar-refractivity contribution in [3.63, 3.8) is 0 Å². The fourth-order valence-electron chi connectivity index (χ4n) is 2.35. The van der Waals surface area contributed by atoms with Crippen molar-refractivity contribution < 1.29 is 9.59 Å². The van der Waals surface area contributed by atoms with Crippen LogP contribution in [0.15, 0.2) is 0 Å². The van der Waals surface area contributed by atoms with Gasteiger partial charge in [-0.3, -0.25) is 4.79 Å². The number of hydrogen-bond acceptors (Lipinski definition) is 3. The van der Waals surface area contributed by atoms with Gasteiger partial charge in [0, 0.05) is 31.1 Å². The molecule has 0 bridgehead atoms. The molecule has 5 N–H and O–H groups in total. The first-order valence-electron chi connectivity index (χ1n) is 7.97. The fourth-order valence-corrected chi connectivity index (χ4v) is 2.35. The standard InChI is InChI=1S/C15H30N4O2/c1-15(2,16)11-18-13(20)9-6-10-17-14(21)19-12-7-4-3-5-8-12/h12H,3-11,16H2,1-2H3,(H,18,20)(H2,17,19,21). The molecule has 6 heteroatoms. The van der Waals surface area contributed by atoms with Crippen LogP contribution in [-0.4, -0.2) is 36.6 Å². The number of carbonyl (C=O) groups excluding carboxylic acids is 2. The largest absolute Gasteiger partial charge is 0.354 e. The van der Waals surface area contributed by atoms with Crippen LogP contribution >= 0.6 is 0 Å². The van der Waals surface area contributed by atoms with Crippen LogP contribution in [0.25, 0.3) is 0 Å². The topological polar surface area (TPSA) is 96.2 Å². The van der Waals surface area contributed by atoms with Crippen LogP contribution < -0.4 is 21.7 Å². The Kier molecular flexibility index (Phi) is 7.50. The molecule has 0 unspecified atom stereocenters. The molecule has 0 aromatic carbocycles. The summed E-state index contributed by atoms with van der Waals surface area (Å²) in [5.74, 6) is -0.0250. The summed E-state index contributed by atoms with van der Waals surface area (Å²) in [6, 6.07) is 0.194. The Morgan fingerprint density at radius 1 is 1.14 bits per heavy atom. The zero-order chi connectivity index (χ0) is 15.7. The van der Waals surface area contributed by atoms with Crippen molar-refractivity contribution in [2.75, 3.05) is 13.1 Å². The highest BCUT2D eigenvalue weighted by molar-refractivity contribution is 5.76. The lowest BCUT2D eigenvalue weighted by Gasteiger charge is -2.22. The molecule has 0 heterocycles. The van der Waals surface area contributed by atoms with Crippen molar-refractivity contribution in [3.05, 3.63) is 0 Å². The number of nitrogens with two attached hydrogens (primary N) is 1. The molecule has 122 valence electrons. The maximum absolute atomic E-state index is 11.7. The molecule has 0 aromatic rings. The minimum Gasteiger partial charge on any atom is -0.354 e. The maximum atomic E-state index is 11.7. The summed E-state index contributed by atoms with van der Waals surface area (Å²) < 4.78 is 0. The molecule has 1 saturated carbocycles. The quantitative estimate of drug-likeness (QED) is 0.533. The maximum Gasteiger partial charge on any atom is 0.315 e. The van der Waals surface area contributed by atoms with E-state index in [9.17, 15) is 9.59 Å². The Morgan fingerprint density at radius 3 is 2.43 bits per heavy atom. The highest BCUT2D eigenvalue weighted by Gasteiger charge is 2.15. The van der Waals surface area contributed by atoms with E-state index in [-0.39, 0.29) is 11.9 Å². The molecule has 0 spiro atoms. The lowest BCUT2D eigenvalue weighted by Crippen LogP contribution is -2.45. The molecule has 1 fully saturated rings. The molecule has 1 rings (SSSR count). The van der Waals surface area contributed by atoms with E-state index in [4.69, 9.17) is 5.73 Å². The van der Waals surface area contributed by atoms with Gasteiger partial charge in [-0.1, -0.05) is 19.3 Å². The Bertz CT molecular complexity index is 333. The van der Waals surface area contributed by atoms with Crippen molar-refractivity contribution in [2.45, 2.75) is 70.4 Å². The van der Waals surface area contributed by atoms with Crippen LogP contribution in [0.4, 0.5) is 4.79 Å². The van der Waals surface area contributed by atoms with E-state index in [2.05, 4.69) is 16.0 Å². The zero-order valence-corrected chi connectivity index (χ0v) is 13.3. The smallest absolute Gasteiger partial charge is 0.315 e. The van der Waals surface area contributed by atoms with Crippen LogP contribution in [0.2, 0.25) is 0 Å². The highest BCUT2D eigenvalue weighted by atomic mass is 16.2. The van der Waals surface area contributed by atoms with Gasteiger partial charge in [0.1, 0.15) is 0 Å². The van der Waals surface area contributed by atoms with Crippen molar-refractivity contribution in [1.29, 1.82) is 0 Å². The first-order valence-corrected chi connectivity index (χ1v) is 7.97. The molecule has 21 heavy (non-hydrogen) atoms. The number of hydrogen-bond donors (Lipinski definition) is 4. The number of urea groups is 1. The second-order valence-electron chi connectivity index (χ2n) is 6.60. The Labute approximate surface area is 127 Å². The summed E-state index contributed by atoms with van der Waals surface area (Å²) in [7, 11) is 0. The van der Waals surface area contributed by atoms with Crippen LogP contribution in [0, 0.1) is 0 Å². The van der Waals surface area contributed by atoms with E-state index in [1.165, 1.54) is 19.3 Å². The minimum absolute atomic E-state index is 0.0250. The van der Waals surface area contributed by atoms with Crippen LogP contribution in [0.1, 0.15) is 58.8 Å². The third-order valence-corrected chi connectivity index (χ3v) is 3.55. The first kappa shape index (κ1) is 17.8. The second-order valence-corrected chi connectivity index (χ2v) is 6.60. The molecule has 0 aromatic heterocycles. The summed E-state index contributed by atoms with van der Waals surface area (Å²) in [5.41, 5.74) is 5.39. The van der Waals surface area contributed by atoms with E-state index in [0.29, 0.717) is 32.0 Å². The monoisotopic (exact) mass is 298 g/mol. The third-order valence-electron chi connectivity index (χ3n) is 3.55. The van der Waals surface area contributed by atoms with Gasteiger partial charge in [0.05, 0.1) is 0 Å². The molecular formula is C15H30N4O2. The van der Waals surface area contributed by atoms with Crippen LogP contribution in [0.5, 0.6) is 0 Å². The van der Waals surface area contributed by atoms with Gasteiger partial charge >= 0.3 is 6.03 Å². The lowest BCUT2D eigenvalue weighted by atomic mass is 9.96. The van der Waals surface area contributed by atoms with E-state index in [1.54, 1.807) is 0 Å². The van der Waals surface area contributed by atoms with Crippen LogP contribution in [0.3, 0.4) is 0 Å². The predicted octanol–water partition coefficient (Wildman–Crippen LogP) is 1.25. The van der Waals surface area contributed by atoms with E-state index < -0.39 is 5.54 Å². The molecular weight excluding hydrogens is 268 g/mol. The molecule has 1 aliphatic carbocycles. The van der Waals surface area contributed by atoms with Gasteiger partial charge in [0.25, 0.3) is 0 Å². The van der Waals surface area contributed by atoms with Crippen LogP contribution in [-0.2, 0) is 4.79 Å². The fraction of sp³-hybridized carbons (Fsp3) is 0.867. The summed E-state index contributed by atoms with van der Waals surface area (Å²) in [4.78, 5) is 23.2. The normalized spacial score (nSPS) is 16.3. The lowest BCUT2D eigenvalue weighted by molar-refractivity contribution is -0.121. The number of carbonyl (C=O) groups is 2. The minimum atomic E-state index is -0.395. The predicted molar refractivity (Wildman–Crippen MR) is 83.9 cm³/mol. The summed E-state index contributed by atoms with van der Waals surface area (Å²) in [5, 5.41) is 8.57. The molecule has 0 atom stereocenters. The molecule has 6 nitrogen and oxygen atoms in total. The highest BCUT2D eigenvalue weighted by Crippen LogP contribution is 2.17. The zero-order valence-electron chi connectivity index (χ0n) is 13.3. The molecule has 3 amide bonds. The van der Waals surface area contributed by atoms with Crippen molar-refractivity contribution >= 4 is 11.9 Å². The Balaban J connectivity index is 2.02. The third kappa shape index (κ3) is 9.28. The first-order chi connectivity index (χ1) is 9.87. The van der Waals surface area contributed by atoms with Crippen molar-refractivity contribution in [3.8, 4) is 0 Å². The van der Waals surface area contributed by atoms with Gasteiger partial charge in [-0.2, -0.15) is 0 Å². The Morgan fingerprint density at radius 2 is 1.81 bits per heavy atom. The Hall–Kier alpha value is -1.30. The van der Waals surface area contributed by atoms with Gasteiger partial charge in [0.15, 0.2) is 0 Å².